The fourth-order valence-electron chi connectivity index (χ4n) is 3.13. The largest absolute Gasteiger partial charge is 0.334 e. The predicted octanol–water partition coefficient (Wildman–Crippen LogP) is 2.27. The van der Waals surface area contributed by atoms with Gasteiger partial charge in [-0.3, -0.25) is 0 Å². The maximum Gasteiger partial charge on any atom is 0.112 e. The van der Waals surface area contributed by atoms with Gasteiger partial charge < -0.3 is 4.57 Å². The van der Waals surface area contributed by atoms with Crippen LogP contribution in [0.15, 0.2) is 12.4 Å². The van der Waals surface area contributed by atoms with Crippen LogP contribution >= 0.6 is 0 Å². The lowest BCUT2D eigenvalue weighted by atomic mass is 9.87. The van der Waals surface area contributed by atoms with Crippen molar-refractivity contribution in [1.82, 2.24) is 9.55 Å². The monoisotopic (exact) mass is 176 g/mol. The molecule has 0 amide bonds. The molecule has 0 bridgehead atoms. The van der Waals surface area contributed by atoms with Gasteiger partial charge >= 0.3 is 0 Å². The van der Waals surface area contributed by atoms with Gasteiger partial charge in [-0.25, -0.2) is 4.98 Å². The average molecular weight is 176 g/mol. The number of rotatable bonds is 0. The van der Waals surface area contributed by atoms with Crippen LogP contribution in [-0.2, 0) is 6.54 Å². The molecule has 2 aliphatic rings. The number of fused-ring (bicyclic) bond motifs is 3. The van der Waals surface area contributed by atoms with Crippen LogP contribution in [0.25, 0.3) is 0 Å². The first kappa shape index (κ1) is 7.60. The molecular weight excluding hydrogens is 160 g/mol. The van der Waals surface area contributed by atoms with Crippen molar-refractivity contribution in [3.63, 3.8) is 0 Å². The molecule has 1 unspecified atom stereocenters. The number of imidazole rings is 1. The van der Waals surface area contributed by atoms with Crippen LogP contribution in [0.1, 0.15) is 32.5 Å². The highest BCUT2D eigenvalue weighted by molar-refractivity contribution is 5.24. The quantitative estimate of drug-likeness (QED) is 0.593. The first-order chi connectivity index (χ1) is 6.09. The second-order valence-corrected chi connectivity index (χ2v) is 5.52. The normalized spacial score (nSPS) is 35.8. The minimum absolute atomic E-state index is 0.465. The Morgan fingerprint density at radius 2 is 2.23 bits per heavy atom. The molecule has 1 saturated carbocycles. The van der Waals surface area contributed by atoms with E-state index in [1.54, 1.807) is 0 Å². The summed E-state index contributed by atoms with van der Waals surface area (Å²) in [6.07, 6.45) is 4.05. The summed E-state index contributed by atoms with van der Waals surface area (Å²) in [5, 5.41) is 0. The van der Waals surface area contributed by atoms with E-state index in [2.05, 4.69) is 36.5 Å². The lowest BCUT2D eigenvalue weighted by Gasteiger charge is -2.20. The zero-order valence-corrected chi connectivity index (χ0v) is 8.49. The van der Waals surface area contributed by atoms with E-state index in [1.165, 1.54) is 12.4 Å². The fraction of sp³-hybridized carbons (Fsp3) is 0.727. The summed E-state index contributed by atoms with van der Waals surface area (Å²) in [6.45, 7) is 8.26. The van der Waals surface area contributed by atoms with Gasteiger partial charge in [0.2, 0.25) is 0 Å². The van der Waals surface area contributed by atoms with E-state index in [0.29, 0.717) is 5.41 Å². The Hall–Kier alpha value is -0.790. The summed E-state index contributed by atoms with van der Waals surface area (Å²) in [5.41, 5.74) is 0.465. The van der Waals surface area contributed by atoms with Gasteiger partial charge in [-0.05, 0) is 17.3 Å². The maximum atomic E-state index is 4.45. The SMILES string of the molecule is CC(C)(C)[C@@H]1C2Cn3ccnc3[C@@H]21. The molecule has 13 heavy (non-hydrogen) atoms. The smallest absolute Gasteiger partial charge is 0.112 e. The molecule has 3 rings (SSSR count). The van der Waals surface area contributed by atoms with Gasteiger partial charge in [0.1, 0.15) is 5.82 Å². The Kier molecular flexibility index (Phi) is 1.17. The first-order valence-electron chi connectivity index (χ1n) is 5.10. The molecule has 0 spiro atoms. The van der Waals surface area contributed by atoms with Crippen molar-refractivity contribution >= 4 is 0 Å². The van der Waals surface area contributed by atoms with Gasteiger partial charge in [-0.15, -0.1) is 0 Å². The van der Waals surface area contributed by atoms with Gasteiger partial charge in [-0.1, -0.05) is 20.8 Å². The molecule has 0 radical (unpaired) electrons. The summed E-state index contributed by atoms with van der Waals surface area (Å²) in [6, 6.07) is 0. The number of aromatic nitrogens is 2. The zero-order chi connectivity index (χ0) is 9.22. The second kappa shape index (κ2) is 1.99. The van der Waals surface area contributed by atoms with Crippen molar-refractivity contribution < 1.29 is 0 Å². The highest BCUT2D eigenvalue weighted by Crippen LogP contribution is 2.65. The van der Waals surface area contributed by atoms with E-state index >= 15 is 0 Å². The second-order valence-electron chi connectivity index (χ2n) is 5.52. The minimum Gasteiger partial charge on any atom is -0.334 e. The predicted molar refractivity (Wildman–Crippen MR) is 51.4 cm³/mol. The Balaban J connectivity index is 1.93. The Morgan fingerprint density at radius 3 is 2.92 bits per heavy atom. The van der Waals surface area contributed by atoms with Crippen LogP contribution in [0.2, 0.25) is 0 Å². The number of hydrogen-bond donors (Lipinski definition) is 0. The third kappa shape index (κ3) is 0.862. The lowest BCUT2D eigenvalue weighted by molar-refractivity contribution is 0.308. The molecule has 70 valence electrons. The molecule has 0 saturated heterocycles. The molecule has 0 N–H and O–H groups in total. The van der Waals surface area contributed by atoms with E-state index in [-0.39, 0.29) is 0 Å². The molecule has 2 heteroatoms. The van der Waals surface area contributed by atoms with E-state index in [0.717, 1.165) is 17.8 Å². The Morgan fingerprint density at radius 1 is 1.46 bits per heavy atom. The molecule has 1 aromatic rings. The van der Waals surface area contributed by atoms with E-state index < -0.39 is 0 Å². The van der Waals surface area contributed by atoms with Crippen molar-refractivity contribution in [2.75, 3.05) is 0 Å². The standard InChI is InChI=1S/C11H16N2/c1-11(2,3)9-7-6-13-5-4-12-10(13)8(7)9/h4-5,7-9H,6H2,1-3H3/t7?,8-,9+/m0/s1. The van der Waals surface area contributed by atoms with Crippen LogP contribution in [0, 0.1) is 17.3 Å². The van der Waals surface area contributed by atoms with Gasteiger partial charge in [-0.2, -0.15) is 0 Å². The highest BCUT2D eigenvalue weighted by atomic mass is 15.1. The van der Waals surface area contributed by atoms with Crippen molar-refractivity contribution in [3.05, 3.63) is 18.2 Å². The Labute approximate surface area is 79.0 Å². The van der Waals surface area contributed by atoms with Gasteiger partial charge in [0.05, 0.1) is 0 Å². The molecule has 1 aliphatic heterocycles. The van der Waals surface area contributed by atoms with Crippen LogP contribution in [-0.4, -0.2) is 9.55 Å². The molecule has 1 fully saturated rings. The number of nitrogens with zero attached hydrogens (tertiary/aromatic N) is 2. The average Bonchev–Trinajstić information content (AvgIpc) is 2.39. The summed E-state index contributed by atoms with van der Waals surface area (Å²) in [4.78, 5) is 4.45. The van der Waals surface area contributed by atoms with Crippen LogP contribution in [0.4, 0.5) is 0 Å². The van der Waals surface area contributed by atoms with Crippen molar-refractivity contribution in [3.8, 4) is 0 Å². The van der Waals surface area contributed by atoms with E-state index in [4.69, 9.17) is 0 Å². The molecule has 2 nitrogen and oxygen atoms in total. The van der Waals surface area contributed by atoms with Gasteiger partial charge in [0, 0.05) is 24.9 Å². The summed E-state index contributed by atoms with van der Waals surface area (Å²) in [5.74, 6) is 3.88. The molecule has 1 aliphatic carbocycles. The van der Waals surface area contributed by atoms with Gasteiger partial charge in [0.25, 0.3) is 0 Å². The van der Waals surface area contributed by atoms with Crippen LogP contribution in [0.5, 0.6) is 0 Å². The zero-order valence-electron chi connectivity index (χ0n) is 8.49. The molecule has 1 aromatic heterocycles. The summed E-state index contributed by atoms with van der Waals surface area (Å²) >= 11 is 0. The van der Waals surface area contributed by atoms with Crippen molar-refractivity contribution in [2.45, 2.75) is 33.2 Å². The molecule has 2 heterocycles. The van der Waals surface area contributed by atoms with Crippen molar-refractivity contribution in [2.24, 2.45) is 17.3 Å². The van der Waals surface area contributed by atoms with Crippen LogP contribution in [0.3, 0.4) is 0 Å². The summed E-state index contributed by atoms with van der Waals surface area (Å²) < 4.78 is 2.32. The van der Waals surface area contributed by atoms with Crippen molar-refractivity contribution in [1.29, 1.82) is 0 Å². The number of hydrogen-bond acceptors (Lipinski definition) is 1. The van der Waals surface area contributed by atoms with Gasteiger partial charge in [0.15, 0.2) is 0 Å². The third-order valence-electron chi connectivity index (χ3n) is 3.62. The fourth-order valence-corrected chi connectivity index (χ4v) is 3.13. The van der Waals surface area contributed by atoms with E-state index in [9.17, 15) is 0 Å². The lowest BCUT2D eigenvalue weighted by Crippen LogP contribution is -2.14. The third-order valence-corrected chi connectivity index (χ3v) is 3.62. The maximum absolute atomic E-state index is 4.45. The molecule has 3 atom stereocenters. The molecule has 0 aromatic carbocycles. The Bertz CT molecular complexity index is 345. The first-order valence-corrected chi connectivity index (χ1v) is 5.10. The topological polar surface area (TPSA) is 17.8 Å². The highest BCUT2D eigenvalue weighted by Gasteiger charge is 2.61. The minimum atomic E-state index is 0.465. The molecular formula is C11H16N2. The van der Waals surface area contributed by atoms with Crippen LogP contribution < -0.4 is 0 Å². The summed E-state index contributed by atoms with van der Waals surface area (Å²) in [7, 11) is 0. The van der Waals surface area contributed by atoms with E-state index in [1.807, 2.05) is 6.20 Å².